The zero-order valence-corrected chi connectivity index (χ0v) is 14.5. The van der Waals surface area contributed by atoms with Crippen LogP contribution < -0.4 is 10.1 Å². The number of hydrogen-bond acceptors (Lipinski definition) is 3. The van der Waals surface area contributed by atoms with E-state index < -0.39 is 5.60 Å². The van der Waals surface area contributed by atoms with E-state index in [1.807, 2.05) is 25.1 Å². The molecular formula is C16H26BrNO2. The minimum absolute atomic E-state index is 0.582. The summed E-state index contributed by atoms with van der Waals surface area (Å²) < 4.78 is 6.36. The first-order valence-corrected chi connectivity index (χ1v) is 7.89. The van der Waals surface area contributed by atoms with Crippen molar-refractivity contribution in [3.05, 3.63) is 28.2 Å². The molecule has 4 heteroatoms. The number of methoxy groups -OCH3 is 1. The number of aliphatic hydroxyl groups is 1. The van der Waals surface area contributed by atoms with Crippen LogP contribution >= 0.6 is 15.9 Å². The number of hydrogen-bond donors (Lipinski definition) is 2. The highest BCUT2D eigenvalue weighted by Crippen LogP contribution is 2.27. The van der Waals surface area contributed by atoms with E-state index >= 15 is 0 Å². The minimum Gasteiger partial charge on any atom is -0.496 e. The average Bonchev–Trinajstić information content (AvgIpc) is 2.34. The van der Waals surface area contributed by atoms with Crippen LogP contribution in [0.4, 0.5) is 0 Å². The number of nitrogens with one attached hydrogen (secondary N) is 1. The number of halogens is 1. The first kappa shape index (κ1) is 17.5. The SMILES string of the molecule is COc1ccc(Br)cc1CC(C)(O)CCNCC(C)C. The fourth-order valence-corrected chi connectivity index (χ4v) is 2.54. The summed E-state index contributed by atoms with van der Waals surface area (Å²) in [6.07, 6.45) is 1.30. The van der Waals surface area contributed by atoms with E-state index in [1.54, 1.807) is 7.11 Å². The van der Waals surface area contributed by atoms with Crippen molar-refractivity contribution in [2.75, 3.05) is 20.2 Å². The Morgan fingerprint density at radius 1 is 1.40 bits per heavy atom. The van der Waals surface area contributed by atoms with E-state index in [0.717, 1.165) is 35.3 Å². The first-order valence-electron chi connectivity index (χ1n) is 7.09. The van der Waals surface area contributed by atoms with E-state index in [4.69, 9.17) is 4.74 Å². The van der Waals surface area contributed by atoms with Crippen molar-refractivity contribution in [1.29, 1.82) is 0 Å². The molecule has 0 aromatic heterocycles. The second-order valence-electron chi connectivity index (χ2n) is 5.98. The van der Waals surface area contributed by atoms with Crippen molar-refractivity contribution in [3.8, 4) is 5.75 Å². The van der Waals surface area contributed by atoms with Crippen LogP contribution in [0.5, 0.6) is 5.75 Å². The van der Waals surface area contributed by atoms with Crippen LogP contribution in [0, 0.1) is 5.92 Å². The van der Waals surface area contributed by atoms with Crippen LogP contribution in [0.1, 0.15) is 32.8 Å². The van der Waals surface area contributed by atoms with Crippen molar-refractivity contribution < 1.29 is 9.84 Å². The molecule has 1 aromatic rings. The van der Waals surface area contributed by atoms with Gasteiger partial charge in [-0.25, -0.2) is 0 Å². The first-order chi connectivity index (χ1) is 9.34. The lowest BCUT2D eigenvalue weighted by Gasteiger charge is -2.25. The molecule has 0 amide bonds. The van der Waals surface area contributed by atoms with E-state index in [9.17, 15) is 5.11 Å². The normalized spacial score (nSPS) is 14.3. The highest BCUT2D eigenvalue weighted by molar-refractivity contribution is 9.10. The Kier molecular flexibility index (Phi) is 7.00. The molecule has 1 unspecified atom stereocenters. The quantitative estimate of drug-likeness (QED) is 0.711. The topological polar surface area (TPSA) is 41.5 Å². The van der Waals surface area contributed by atoms with Crippen LogP contribution in [-0.2, 0) is 6.42 Å². The maximum absolute atomic E-state index is 10.5. The summed E-state index contributed by atoms with van der Waals surface area (Å²) in [4.78, 5) is 0. The standard InChI is InChI=1S/C16H26BrNO2/c1-12(2)11-18-8-7-16(3,19)10-13-9-14(17)5-6-15(13)20-4/h5-6,9,12,18-19H,7-8,10-11H2,1-4H3. The van der Waals surface area contributed by atoms with Gasteiger partial charge >= 0.3 is 0 Å². The van der Waals surface area contributed by atoms with Crippen LogP contribution in [-0.4, -0.2) is 30.9 Å². The average molecular weight is 344 g/mol. The van der Waals surface area contributed by atoms with Crippen LogP contribution in [0.3, 0.4) is 0 Å². The third-order valence-electron chi connectivity index (χ3n) is 3.21. The summed E-state index contributed by atoms with van der Waals surface area (Å²) in [5, 5.41) is 13.9. The summed E-state index contributed by atoms with van der Waals surface area (Å²) in [7, 11) is 1.66. The van der Waals surface area contributed by atoms with Crippen molar-refractivity contribution >= 4 is 15.9 Å². The fourth-order valence-electron chi connectivity index (χ4n) is 2.13. The highest BCUT2D eigenvalue weighted by atomic mass is 79.9. The van der Waals surface area contributed by atoms with Crippen molar-refractivity contribution in [2.24, 2.45) is 5.92 Å². The van der Waals surface area contributed by atoms with Gasteiger partial charge in [0.2, 0.25) is 0 Å². The van der Waals surface area contributed by atoms with Gasteiger partial charge < -0.3 is 15.2 Å². The lowest BCUT2D eigenvalue weighted by molar-refractivity contribution is 0.0508. The molecule has 1 aromatic carbocycles. The van der Waals surface area contributed by atoms with Gasteiger partial charge in [0.25, 0.3) is 0 Å². The monoisotopic (exact) mass is 343 g/mol. The maximum atomic E-state index is 10.5. The van der Waals surface area contributed by atoms with Gasteiger partial charge in [-0.2, -0.15) is 0 Å². The van der Waals surface area contributed by atoms with Gasteiger partial charge in [0.1, 0.15) is 5.75 Å². The van der Waals surface area contributed by atoms with E-state index in [0.29, 0.717) is 12.3 Å². The lowest BCUT2D eigenvalue weighted by Crippen LogP contribution is -2.33. The summed E-state index contributed by atoms with van der Waals surface area (Å²) in [5.41, 5.74) is 0.286. The molecule has 2 N–H and O–H groups in total. The predicted octanol–water partition coefficient (Wildman–Crippen LogP) is 3.39. The molecule has 0 saturated carbocycles. The van der Waals surface area contributed by atoms with Crippen molar-refractivity contribution in [3.63, 3.8) is 0 Å². The molecule has 0 saturated heterocycles. The molecule has 20 heavy (non-hydrogen) atoms. The molecule has 114 valence electrons. The summed E-state index contributed by atoms with van der Waals surface area (Å²) >= 11 is 3.46. The number of rotatable bonds is 8. The Balaban J connectivity index is 2.59. The molecule has 0 aliphatic carbocycles. The largest absolute Gasteiger partial charge is 0.496 e. The molecule has 0 aliphatic rings. The van der Waals surface area contributed by atoms with E-state index in [1.165, 1.54) is 0 Å². The van der Waals surface area contributed by atoms with Gasteiger partial charge in [-0.3, -0.25) is 0 Å². The second kappa shape index (κ2) is 8.01. The summed E-state index contributed by atoms with van der Waals surface area (Å²) in [6.45, 7) is 8.04. The van der Waals surface area contributed by atoms with Crippen LogP contribution in [0.2, 0.25) is 0 Å². The molecule has 0 aliphatic heterocycles. The van der Waals surface area contributed by atoms with Gasteiger partial charge in [-0.1, -0.05) is 29.8 Å². The maximum Gasteiger partial charge on any atom is 0.122 e. The van der Waals surface area contributed by atoms with Gasteiger partial charge in [-0.15, -0.1) is 0 Å². The Hall–Kier alpha value is -0.580. The lowest BCUT2D eigenvalue weighted by atomic mass is 9.92. The van der Waals surface area contributed by atoms with Crippen molar-refractivity contribution in [1.82, 2.24) is 5.32 Å². The third kappa shape index (κ3) is 6.25. The molecule has 1 atom stereocenters. The Labute approximate surface area is 130 Å². The van der Waals surface area contributed by atoms with Crippen molar-refractivity contribution in [2.45, 2.75) is 39.2 Å². The molecular weight excluding hydrogens is 318 g/mol. The molecule has 3 nitrogen and oxygen atoms in total. The third-order valence-corrected chi connectivity index (χ3v) is 3.70. The predicted molar refractivity (Wildman–Crippen MR) is 87.3 cm³/mol. The molecule has 1 rings (SSSR count). The molecule has 0 spiro atoms. The molecule has 0 bridgehead atoms. The smallest absolute Gasteiger partial charge is 0.122 e. The Morgan fingerprint density at radius 2 is 2.10 bits per heavy atom. The van der Waals surface area contributed by atoms with Gasteiger partial charge in [-0.05, 0) is 56.1 Å². The van der Waals surface area contributed by atoms with Crippen LogP contribution in [0.25, 0.3) is 0 Å². The zero-order chi connectivity index (χ0) is 15.2. The van der Waals surface area contributed by atoms with Gasteiger partial charge in [0.05, 0.1) is 12.7 Å². The van der Waals surface area contributed by atoms with Gasteiger partial charge in [0, 0.05) is 10.9 Å². The molecule has 0 radical (unpaired) electrons. The minimum atomic E-state index is -0.738. The summed E-state index contributed by atoms with van der Waals surface area (Å²) in [6, 6.07) is 5.88. The van der Waals surface area contributed by atoms with Gasteiger partial charge in [0.15, 0.2) is 0 Å². The Morgan fingerprint density at radius 3 is 2.70 bits per heavy atom. The fraction of sp³-hybridized carbons (Fsp3) is 0.625. The van der Waals surface area contributed by atoms with E-state index in [-0.39, 0.29) is 0 Å². The molecule has 0 heterocycles. The zero-order valence-electron chi connectivity index (χ0n) is 12.9. The number of benzene rings is 1. The van der Waals surface area contributed by atoms with E-state index in [2.05, 4.69) is 35.1 Å². The van der Waals surface area contributed by atoms with Crippen LogP contribution in [0.15, 0.2) is 22.7 Å². The second-order valence-corrected chi connectivity index (χ2v) is 6.89. The Bertz CT molecular complexity index is 419. The molecule has 0 fully saturated rings. The summed E-state index contributed by atoms with van der Waals surface area (Å²) in [5.74, 6) is 1.45. The highest BCUT2D eigenvalue weighted by Gasteiger charge is 2.22. The number of ether oxygens (including phenoxy) is 1.